The maximum Gasteiger partial charge on any atom is 0.227 e. The number of rotatable bonds is 5. The molecule has 0 heterocycles. The number of nitrogens with one attached hydrogen (secondary N) is 1. The largest absolute Gasteiger partial charge is 0.493 e. The highest BCUT2D eigenvalue weighted by Gasteiger charge is 2.05. The fraction of sp³-hybridized carbons (Fsp3) is 0.235. The van der Waals surface area contributed by atoms with E-state index in [-0.39, 0.29) is 24.8 Å². The first-order chi connectivity index (χ1) is 10.0. The van der Waals surface area contributed by atoms with E-state index in [0.29, 0.717) is 5.69 Å². The zero-order chi connectivity index (χ0) is 15.2. The predicted molar refractivity (Wildman–Crippen MR) is 81.1 cm³/mol. The van der Waals surface area contributed by atoms with E-state index < -0.39 is 0 Å². The number of carbonyl (C=O) groups is 1. The van der Waals surface area contributed by atoms with Gasteiger partial charge >= 0.3 is 0 Å². The molecule has 1 N–H and O–H groups in total. The minimum atomic E-state index is -0.376. The second-order valence-corrected chi connectivity index (χ2v) is 4.93. The first-order valence-corrected chi connectivity index (χ1v) is 6.80. The number of hydrogen-bond acceptors (Lipinski definition) is 2. The molecule has 1 amide bonds. The lowest BCUT2D eigenvalue weighted by Gasteiger charge is -2.10. The molecule has 21 heavy (non-hydrogen) atoms. The van der Waals surface area contributed by atoms with Crippen molar-refractivity contribution in [1.82, 2.24) is 0 Å². The van der Waals surface area contributed by atoms with Crippen LogP contribution < -0.4 is 10.1 Å². The molecule has 2 aromatic carbocycles. The van der Waals surface area contributed by atoms with Gasteiger partial charge < -0.3 is 10.1 Å². The maximum atomic E-state index is 13.0. The summed E-state index contributed by atoms with van der Waals surface area (Å²) in [6.45, 7) is 4.23. The second kappa shape index (κ2) is 6.88. The number of halogens is 1. The zero-order valence-corrected chi connectivity index (χ0v) is 12.2. The van der Waals surface area contributed by atoms with Crippen LogP contribution in [0.25, 0.3) is 0 Å². The van der Waals surface area contributed by atoms with Crippen molar-refractivity contribution in [3.8, 4) is 5.75 Å². The van der Waals surface area contributed by atoms with Gasteiger partial charge in [-0.3, -0.25) is 4.79 Å². The van der Waals surface area contributed by atoms with Crippen LogP contribution in [0.1, 0.15) is 17.5 Å². The van der Waals surface area contributed by atoms with Gasteiger partial charge in [0.15, 0.2) is 0 Å². The van der Waals surface area contributed by atoms with Gasteiger partial charge in [-0.1, -0.05) is 18.2 Å². The van der Waals surface area contributed by atoms with Gasteiger partial charge in [0.2, 0.25) is 5.91 Å². The Labute approximate surface area is 123 Å². The van der Waals surface area contributed by atoms with Crippen molar-refractivity contribution >= 4 is 11.6 Å². The van der Waals surface area contributed by atoms with Crippen molar-refractivity contribution in [3.05, 3.63) is 59.4 Å². The van der Waals surface area contributed by atoms with Crippen LogP contribution in [-0.2, 0) is 4.79 Å². The van der Waals surface area contributed by atoms with Crippen molar-refractivity contribution in [3.63, 3.8) is 0 Å². The monoisotopic (exact) mass is 287 g/mol. The highest BCUT2D eigenvalue weighted by molar-refractivity contribution is 5.90. The molecule has 0 aromatic heterocycles. The number of amides is 1. The Morgan fingerprint density at radius 3 is 2.76 bits per heavy atom. The van der Waals surface area contributed by atoms with E-state index >= 15 is 0 Å². The molecule has 110 valence electrons. The molecule has 0 fully saturated rings. The lowest BCUT2D eigenvalue weighted by molar-refractivity contribution is -0.116. The smallest absolute Gasteiger partial charge is 0.227 e. The molecule has 2 aromatic rings. The molecule has 0 spiro atoms. The Hall–Kier alpha value is -2.36. The van der Waals surface area contributed by atoms with Gasteiger partial charge in [0, 0.05) is 5.69 Å². The number of anilines is 1. The molecule has 0 atom stereocenters. The average Bonchev–Trinajstić information content (AvgIpc) is 2.42. The topological polar surface area (TPSA) is 38.3 Å². The van der Waals surface area contributed by atoms with E-state index in [9.17, 15) is 9.18 Å². The van der Waals surface area contributed by atoms with Gasteiger partial charge in [0.25, 0.3) is 0 Å². The summed E-state index contributed by atoms with van der Waals surface area (Å²) >= 11 is 0. The minimum Gasteiger partial charge on any atom is -0.493 e. The number of aryl methyl sites for hydroxylation is 2. The van der Waals surface area contributed by atoms with Crippen molar-refractivity contribution in [2.45, 2.75) is 20.3 Å². The van der Waals surface area contributed by atoms with Crippen LogP contribution in [0.2, 0.25) is 0 Å². The molecular formula is C17H18FNO2. The summed E-state index contributed by atoms with van der Waals surface area (Å²) in [4.78, 5) is 11.8. The van der Waals surface area contributed by atoms with E-state index in [4.69, 9.17) is 4.74 Å². The summed E-state index contributed by atoms with van der Waals surface area (Å²) < 4.78 is 18.6. The molecule has 2 rings (SSSR count). The molecule has 4 heteroatoms. The van der Waals surface area contributed by atoms with E-state index in [1.54, 1.807) is 12.1 Å². The van der Waals surface area contributed by atoms with Gasteiger partial charge in [-0.2, -0.15) is 0 Å². The highest BCUT2D eigenvalue weighted by Crippen LogP contribution is 2.19. The van der Waals surface area contributed by atoms with E-state index in [1.165, 1.54) is 12.1 Å². The van der Waals surface area contributed by atoms with Gasteiger partial charge in [-0.25, -0.2) is 4.39 Å². The minimum absolute atomic E-state index is 0.203. The third kappa shape index (κ3) is 4.60. The lowest BCUT2D eigenvalue weighted by Crippen LogP contribution is -2.15. The summed E-state index contributed by atoms with van der Waals surface area (Å²) in [6.07, 6.45) is 0.212. The average molecular weight is 287 g/mol. The number of hydrogen-bond donors (Lipinski definition) is 1. The van der Waals surface area contributed by atoms with Gasteiger partial charge in [-0.15, -0.1) is 0 Å². The summed E-state index contributed by atoms with van der Waals surface area (Å²) in [5.74, 6) is 0.207. The first-order valence-electron chi connectivity index (χ1n) is 6.80. The molecule has 0 unspecified atom stereocenters. The van der Waals surface area contributed by atoms with Crippen LogP contribution in [0.15, 0.2) is 42.5 Å². The predicted octanol–water partition coefficient (Wildman–Crippen LogP) is 3.85. The SMILES string of the molecule is Cc1ccc(C)c(OCCC(=O)Nc2cccc(F)c2)c1. The van der Waals surface area contributed by atoms with E-state index in [2.05, 4.69) is 5.32 Å². The van der Waals surface area contributed by atoms with Crippen LogP contribution in [-0.4, -0.2) is 12.5 Å². The lowest BCUT2D eigenvalue weighted by atomic mass is 10.1. The summed E-state index contributed by atoms with van der Waals surface area (Å²) in [6, 6.07) is 11.8. The third-order valence-corrected chi connectivity index (χ3v) is 3.04. The summed E-state index contributed by atoms with van der Waals surface area (Å²) in [7, 11) is 0. The van der Waals surface area contributed by atoms with Crippen LogP contribution >= 0.6 is 0 Å². The maximum absolute atomic E-state index is 13.0. The molecule has 3 nitrogen and oxygen atoms in total. The Balaban J connectivity index is 1.83. The Kier molecular flexibility index (Phi) is 4.93. The molecule has 0 bridgehead atoms. The molecule has 0 saturated heterocycles. The second-order valence-electron chi connectivity index (χ2n) is 4.93. The van der Waals surface area contributed by atoms with Crippen LogP contribution in [0.5, 0.6) is 5.75 Å². The molecule has 0 radical (unpaired) electrons. The van der Waals surface area contributed by atoms with Crippen LogP contribution in [0.4, 0.5) is 10.1 Å². The molecule has 0 saturated carbocycles. The quantitative estimate of drug-likeness (QED) is 0.907. The fourth-order valence-corrected chi connectivity index (χ4v) is 1.91. The van der Waals surface area contributed by atoms with Gasteiger partial charge in [0.1, 0.15) is 11.6 Å². The summed E-state index contributed by atoms with van der Waals surface area (Å²) in [5.41, 5.74) is 2.60. The molecule has 0 aliphatic carbocycles. The summed E-state index contributed by atoms with van der Waals surface area (Å²) in [5, 5.41) is 2.64. The Morgan fingerprint density at radius 2 is 2.00 bits per heavy atom. The fourth-order valence-electron chi connectivity index (χ4n) is 1.91. The molecular weight excluding hydrogens is 269 g/mol. The standard InChI is InChI=1S/C17H18FNO2/c1-12-6-7-13(2)16(10-12)21-9-8-17(20)19-15-5-3-4-14(18)11-15/h3-7,10-11H,8-9H2,1-2H3,(H,19,20). The first kappa shape index (κ1) is 15.0. The number of carbonyl (C=O) groups excluding carboxylic acids is 1. The van der Waals surface area contributed by atoms with E-state index in [0.717, 1.165) is 16.9 Å². The Bertz CT molecular complexity index is 640. The van der Waals surface area contributed by atoms with Crippen molar-refractivity contribution < 1.29 is 13.9 Å². The van der Waals surface area contributed by atoms with Crippen LogP contribution in [0.3, 0.4) is 0 Å². The highest BCUT2D eigenvalue weighted by atomic mass is 19.1. The van der Waals surface area contributed by atoms with Crippen molar-refractivity contribution in [2.24, 2.45) is 0 Å². The van der Waals surface area contributed by atoms with Crippen LogP contribution in [0, 0.1) is 19.7 Å². The van der Waals surface area contributed by atoms with E-state index in [1.807, 2.05) is 32.0 Å². The molecule has 0 aliphatic rings. The van der Waals surface area contributed by atoms with Crippen molar-refractivity contribution in [2.75, 3.05) is 11.9 Å². The number of ether oxygens (including phenoxy) is 1. The zero-order valence-electron chi connectivity index (χ0n) is 12.2. The van der Waals surface area contributed by atoms with Gasteiger partial charge in [0.05, 0.1) is 13.0 Å². The molecule has 0 aliphatic heterocycles. The normalized spacial score (nSPS) is 10.2. The van der Waals surface area contributed by atoms with Gasteiger partial charge in [-0.05, 0) is 49.2 Å². The number of benzene rings is 2. The Morgan fingerprint density at radius 1 is 1.19 bits per heavy atom. The van der Waals surface area contributed by atoms with Crippen molar-refractivity contribution in [1.29, 1.82) is 0 Å². The third-order valence-electron chi connectivity index (χ3n) is 3.04.